The van der Waals surface area contributed by atoms with Crippen LogP contribution in [0.5, 0.6) is 5.75 Å². The van der Waals surface area contributed by atoms with Gasteiger partial charge in [-0.25, -0.2) is 18.5 Å². The quantitative estimate of drug-likeness (QED) is 0.468. The van der Waals surface area contributed by atoms with Crippen LogP contribution in [0.1, 0.15) is 25.8 Å². The van der Waals surface area contributed by atoms with Gasteiger partial charge in [0.05, 0.1) is 12.6 Å². The van der Waals surface area contributed by atoms with Crippen molar-refractivity contribution in [2.75, 3.05) is 11.9 Å². The summed E-state index contributed by atoms with van der Waals surface area (Å²) in [6.07, 6.45) is 0.267. The maximum atomic E-state index is 14.4. The SMILES string of the molecule is CC(C)Oc1ccc(Nc2nc(=O)n(CCCN)c(=O)n2Cc2ccc(Cl)cc2)cc1F.Cl. The minimum atomic E-state index is -0.710. The molecule has 2 aromatic carbocycles. The Bertz CT molecular complexity index is 1200. The topological polar surface area (TPSA) is 104 Å². The van der Waals surface area contributed by atoms with Crippen molar-refractivity contribution in [3.63, 3.8) is 0 Å². The molecule has 0 aliphatic carbocycles. The summed E-state index contributed by atoms with van der Waals surface area (Å²) in [4.78, 5) is 29.6. The van der Waals surface area contributed by atoms with Crippen molar-refractivity contribution in [1.82, 2.24) is 14.1 Å². The van der Waals surface area contributed by atoms with Gasteiger partial charge in [-0.3, -0.25) is 4.57 Å². The molecule has 1 heterocycles. The summed E-state index contributed by atoms with van der Waals surface area (Å²) in [6, 6.07) is 11.2. The van der Waals surface area contributed by atoms with E-state index in [1.807, 2.05) is 0 Å². The second kappa shape index (κ2) is 11.8. The molecule has 0 radical (unpaired) electrons. The van der Waals surface area contributed by atoms with E-state index >= 15 is 0 Å². The summed E-state index contributed by atoms with van der Waals surface area (Å²) in [5, 5.41) is 3.44. The smallest absolute Gasteiger partial charge is 0.354 e. The highest BCUT2D eigenvalue weighted by atomic mass is 35.5. The highest BCUT2D eigenvalue weighted by Crippen LogP contribution is 2.24. The number of nitrogens with two attached hydrogens (primary N) is 1. The molecule has 0 atom stereocenters. The number of nitrogens with one attached hydrogen (secondary N) is 1. The van der Waals surface area contributed by atoms with E-state index in [1.54, 1.807) is 44.2 Å². The van der Waals surface area contributed by atoms with Gasteiger partial charge < -0.3 is 15.8 Å². The molecule has 0 saturated carbocycles. The van der Waals surface area contributed by atoms with Crippen molar-refractivity contribution in [2.45, 2.75) is 39.5 Å². The zero-order chi connectivity index (χ0) is 23.3. The number of nitrogens with zero attached hydrogens (tertiary/aromatic N) is 3. The molecule has 1 aromatic heterocycles. The molecule has 33 heavy (non-hydrogen) atoms. The third kappa shape index (κ3) is 6.80. The molecule has 11 heteroatoms. The molecule has 178 valence electrons. The van der Waals surface area contributed by atoms with Crippen molar-refractivity contribution in [2.24, 2.45) is 5.73 Å². The minimum Gasteiger partial charge on any atom is -0.488 e. The molecule has 0 saturated heterocycles. The van der Waals surface area contributed by atoms with Crippen LogP contribution in [0.3, 0.4) is 0 Å². The number of rotatable bonds is 9. The van der Waals surface area contributed by atoms with Gasteiger partial charge in [-0.15, -0.1) is 12.4 Å². The van der Waals surface area contributed by atoms with Crippen LogP contribution in [-0.4, -0.2) is 26.8 Å². The summed E-state index contributed by atoms with van der Waals surface area (Å²) in [5.41, 5.74) is 5.36. The number of hydrogen-bond donors (Lipinski definition) is 2. The maximum absolute atomic E-state index is 14.4. The molecule has 0 bridgehead atoms. The Hall–Kier alpha value is -2.88. The average Bonchev–Trinajstić information content (AvgIpc) is 2.74. The fraction of sp³-hybridized carbons (Fsp3) is 0.318. The standard InChI is InChI=1S/C22H25ClFN5O3.ClH/c1-14(2)32-19-9-8-17(12-18(19)24)26-20-27-21(30)28(11-3-10-25)22(31)29(20)13-15-4-6-16(23)7-5-15;/h4-9,12,14H,3,10-11,13,25H2,1-2H3,(H,26,27,30);1H. The van der Waals surface area contributed by atoms with Crippen LogP contribution in [0.15, 0.2) is 52.1 Å². The van der Waals surface area contributed by atoms with Crippen LogP contribution in [0, 0.1) is 5.82 Å². The molecular weight excluding hydrogens is 472 g/mol. The number of aromatic nitrogens is 3. The first kappa shape index (κ1) is 26.4. The van der Waals surface area contributed by atoms with E-state index in [0.717, 1.165) is 10.1 Å². The van der Waals surface area contributed by atoms with Crippen LogP contribution in [-0.2, 0) is 13.1 Å². The molecule has 8 nitrogen and oxygen atoms in total. The molecule has 0 unspecified atom stereocenters. The minimum absolute atomic E-state index is 0. The first-order valence-electron chi connectivity index (χ1n) is 10.2. The molecule has 0 aliphatic rings. The lowest BCUT2D eigenvalue weighted by Crippen LogP contribution is -2.43. The fourth-order valence-electron chi connectivity index (χ4n) is 3.04. The highest BCUT2D eigenvalue weighted by molar-refractivity contribution is 6.30. The Morgan fingerprint density at radius 1 is 1.15 bits per heavy atom. The average molecular weight is 498 g/mol. The van der Waals surface area contributed by atoms with Gasteiger partial charge in [0, 0.05) is 23.3 Å². The largest absolute Gasteiger partial charge is 0.488 e. The second-order valence-electron chi connectivity index (χ2n) is 7.44. The lowest BCUT2D eigenvalue weighted by Gasteiger charge is -2.16. The molecule has 3 N–H and O–H groups in total. The Balaban J connectivity index is 0.00000385. The summed E-state index contributed by atoms with van der Waals surface area (Å²) in [7, 11) is 0. The van der Waals surface area contributed by atoms with Gasteiger partial charge in [0.15, 0.2) is 11.6 Å². The van der Waals surface area contributed by atoms with E-state index in [9.17, 15) is 14.0 Å². The van der Waals surface area contributed by atoms with Gasteiger partial charge in [-0.05, 0) is 56.6 Å². The van der Waals surface area contributed by atoms with Crippen LogP contribution in [0.4, 0.5) is 16.0 Å². The second-order valence-corrected chi connectivity index (χ2v) is 7.88. The molecule has 3 aromatic rings. The Kier molecular flexibility index (Phi) is 9.45. The highest BCUT2D eigenvalue weighted by Gasteiger charge is 2.15. The zero-order valence-electron chi connectivity index (χ0n) is 18.3. The lowest BCUT2D eigenvalue weighted by atomic mass is 10.2. The summed E-state index contributed by atoms with van der Waals surface area (Å²) < 4.78 is 22.2. The maximum Gasteiger partial charge on any atom is 0.354 e. The lowest BCUT2D eigenvalue weighted by molar-refractivity contribution is 0.231. The van der Waals surface area contributed by atoms with Gasteiger partial charge in [0.2, 0.25) is 5.95 Å². The van der Waals surface area contributed by atoms with E-state index < -0.39 is 17.2 Å². The first-order valence-corrected chi connectivity index (χ1v) is 10.6. The van der Waals surface area contributed by atoms with Crippen LogP contribution < -0.4 is 27.2 Å². The molecule has 0 aliphatic heterocycles. The predicted molar refractivity (Wildman–Crippen MR) is 130 cm³/mol. The Labute approximate surface area is 201 Å². The number of hydrogen-bond acceptors (Lipinski definition) is 6. The normalized spacial score (nSPS) is 10.7. The van der Waals surface area contributed by atoms with Gasteiger partial charge in [-0.1, -0.05) is 23.7 Å². The number of benzene rings is 2. The van der Waals surface area contributed by atoms with E-state index in [2.05, 4.69) is 10.3 Å². The summed E-state index contributed by atoms with van der Waals surface area (Å²) in [5.74, 6) is -0.475. The summed E-state index contributed by atoms with van der Waals surface area (Å²) >= 11 is 5.95. The van der Waals surface area contributed by atoms with Crippen molar-refractivity contribution in [1.29, 1.82) is 0 Å². The molecule has 3 rings (SSSR count). The van der Waals surface area contributed by atoms with Crippen molar-refractivity contribution in [3.8, 4) is 5.75 Å². The Morgan fingerprint density at radius 3 is 2.45 bits per heavy atom. The molecule has 0 amide bonds. The van der Waals surface area contributed by atoms with Crippen LogP contribution in [0.2, 0.25) is 5.02 Å². The molecule has 0 spiro atoms. The number of halogens is 3. The van der Waals surface area contributed by atoms with Crippen LogP contribution >= 0.6 is 24.0 Å². The zero-order valence-corrected chi connectivity index (χ0v) is 19.8. The number of anilines is 2. The van der Waals surface area contributed by atoms with E-state index in [0.29, 0.717) is 23.7 Å². The predicted octanol–water partition coefficient (Wildman–Crippen LogP) is 3.55. The van der Waals surface area contributed by atoms with Gasteiger partial charge in [0.1, 0.15) is 0 Å². The van der Waals surface area contributed by atoms with Gasteiger partial charge >= 0.3 is 11.4 Å². The molecular formula is C22H26Cl2FN5O3. The monoisotopic (exact) mass is 497 g/mol. The van der Waals surface area contributed by atoms with Crippen molar-refractivity contribution < 1.29 is 9.13 Å². The van der Waals surface area contributed by atoms with E-state index in [4.69, 9.17) is 22.1 Å². The number of ether oxygens (including phenoxy) is 1. The van der Waals surface area contributed by atoms with Gasteiger partial charge in [0.25, 0.3) is 0 Å². The van der Waals surface area contributed by atoms with E-state index in [1.165, 1.54) is 16.7 Å². The Morgan fingerprint density at radius 2 is 1.85 bits per heavy atom. The third-order valence-corrected chi connectivity index (χ3v) is 4.79. The third-order valence-electron chi connectivity index (χ3n) is 4.54. The first-order chi connectivity index (χ1) is 15.3. The van der Waals surface area contributed by atoms with Crippen LogP contribution in [0.25, 0.3) is 0 Å². The van der Waals surface area contributed by atoms with E-state index in [-0.39, 0.29) is 43.3 Å². The van der Waals surface area contributed by atoms with Crippen molar-refractivity contribution in [3.05, 3.63) is 79.8 Å². The van der Waals surface area contributed by atoms with Crippen molar-refractivity contribution >= 4 is 35.6 Å². The van der Waals surface area contributed by atoms with Gasteiger partial charge in [-0.2, -0.15) is 4.98 Å². The summed E-state index contributed by atoms with van der Waals surface area (Å²) in [6.45, 7) is 4.20. The molecule has 0 fully saturated rings. The fourth-order valence-corrected chi connectivity index (χ4v) is 3.16.